The normalized spacial score (nSPS) is 24.8. The van der Waals surface area contributed by atoms with Gasteiger partial charge in [0.25, 0.3) is 6.08 Å². The Morgan fingerprint density at radius 1 is 1.18 bits per heavy atom. The number of aliphatic hydroxyl groups excluding tert-OH is 1. The van der Waals surface area contributed by atoms with Crippen LogP contribution < -0.4 is 4.74 Å². The summed E-state index contributed by atoms with van der Waals surface area (Å²) >= 11 is 3.48. The first-order valence-electron chi connectivity index (χ1n) is 12.4. The molecule has 6 heteroatoms. The molecule has 0 saturated heterocycles. The number of phenolic OH excluding ortho intramolecular Hbond substituents is 1. The van der Waals surface area contributed by atoms with Crippen LogP contribution in [0.4, 0.5) is 8.78 Å². The third-order valence-electron chi connectivity index (χ3n) is 7.89. The van der Waals surface area contributed by atoms with Crippen LogP contribution in [0.25, 0.3) is 0 Å². The highest BCUT2D eigenvalue weighted by Gasteiger charge is 2.49. The van der Waals surface area contributed by atoms with Gasteiger partial charge in [-0.25, -0.2) is 0 Å². The van der Waals surface area contributed by atoms with E-state index in [2.05, 4.69) is 29.8 Å². The summed E-state index contributed by atoms with van der Waals surface area (Å²) in [6.45, 7) is 6.49. The minimum Gasteiger partial charge on any atom is -0.508 e. The zero-order valence-electron chi connectivity index (χ0n) is 20.2. The predicted molar refractivity (Wildman–Crippen MR) is 133 cm³/mol. The fourth-order valence-electron chi connectivity index (χ4n) is 5.86. The molecule has 0 spiro atoms. The van der Waals surface area contributed by atoms with E-state index in [1.165, 1.54) is 19.3 Å². The van der Waals surface area contributed by atoms with Gasteiger partial charge in [-0.3, -0.25) is 0 Å². The highest BCUT2D eigenvalue weighted by molar-refractivity contribution is 9.09. The first-order valence-corrected chi connectivity index (χ1v) is 13.5. The quantitative estimate of drug-likeness (QED) is 0.239. The van der Waals surface area contributed by atoms with E-state index in [0.29, 0.717) is 37.0 Å². The van der Waals surface area contributed by atoms with Crippen LogP contribution in [0.3, 0.4) is 0 Å². The second-order valence-electron chi connectivity index (χ2n) is 10.7. The molecule has 3 atom stereocenters. The van der Waals surface area contributed by atoms with Crippen LogP contribution in [0.5, 0.6) is 11.5 Å². The zero-order chi connectivity index (χ0) is 24.2. The van der Waals surface area contributed by atoms with E-state index in [1.807, 2.05) is 19.1 Å². The number of aromatic hydroxyl groups is 1. The van der Waals surface area contributed by atoms with Gasteiger partial charge in [-0.05, 0) is 80.6 Å². The van der Waals surface area contributed by atoms with Crippen molar-refractivity contribution in [3.05, 3.63) is 34.9 Å². The molecule has 0 radical (unpaired) electrons. The summed E-state index contributed by atoms with van der Waals surface area (Å²) in [6.07, 6.45) is 6.55. The Balaban J connectivity index is 1.94. The molecule has 1 heterocycles. The standard InChI is InChI=1S/C27H39BrF2O3/c1-26(2,11-6-4-5-7-13-28)19-16-22(32)24-20-15-18(25(29)30)9-10-21(20)27(3,12-8-14-31)33-23(24)17-19/h16-17,20-21,31-32H,4-15H2,1-3H3/t20-,21-,27+/m1/s1. The van der Waals surface area contributed by atoms with Gasteiger partial charge >= 0.3 is 0 Å². The first kappa shape index (κ1) is 26.5. The largest absolute Gasteiger partial charge is 0.508 e. The molecular formula is C27H39BrF2O3. The Hall–Kier alpha value is -1.14. The van der Waals surface area contributed by atoms with Crippen LogP contribution in [-0.4, -0.2) is 27.8 Å². The molecule has 1 aromatic rings. The summed E-state index contributed by atoms with van der Waals surface area (Å²) in [7, 11) is 0. The Labute approximate surface area is 205 Å². The summed E-state index contributed by atoms with van der Waals surface area (Å²) in [5.74, 6) is 0.608. The molecule has 2 N–H and O–H groups in total. The highest BCUT2D eigenvalue weighted by atomic mass is 79.9. The molecule has 2 aliphatic rings. The van der Waals surface area contributed by atoms with Crippen LogP contribution in [0.15, 0.2) is 23.8 Å². The number of fused-ring (bicyclic) bond motifs is 3. The molecule has 3 nitrogen and oxygen atoms in total. The maximum Gasteiger partial charge on any atom is 0.269 e. The SMILES string of the molecule is CC(C)(CCCCCCBr)c1cc(O)c2c(c1)O[C@@](C)(CCCO)[C@@H]1CCC(=C(F)F)C[C@@H]21. The first-order chi connectivity index (χ1) is 15.6. The molecule has 1 aliphatic heterocycles. The molecule has 1 fully saturated rings. The van der Waals surface area contributed by atoms with Crippen molar-refractivity contribution in [2.75, 3.05) is 11.9 Å². The van der Waals surface area contributed by atoms with E-state index in [9.17, 15) is 19.0 Å². The van der Waals surface area contributed by atoms with E-state index >= 15 is 0 Å². The molecule has 0 aromatic heterocycles. The molecule has 0 bridgehead atoms. The number of hydrogen-bond donors (Lipinski definition) is 2. The van der Waals surface area contributed by atoms with E-state index < -0.39 is 11.7 Å². The predicted octanol–water partition coefficient (Wildman–Crippen LogP) is 7.97. The van der Waals surface area contributed by atoms with Crippen molar-refractivity contribution in [1.29, 1.82) is 0 Å². The number of unbranched alkanes of at least 4 members (excludes halogenated alkanes) is 3. The van der Waals surface area contributed by atoms with E-state index in [-0.39, 0.29) is 41.6 Å². The average Bonchev–Trinajstić information content (AvgIpc) is 2.76. The third-order valence-corrected chi connectivity index (χ3v) is 8.45. The maximum absolute atomic E-state index is 13.5. The van der Waals surface area contributed by atoms with Gasteiger partial charge in [-0.2, -0.15) is 8.78 Å². The fraction of sp³-hybridized carbons (Fsp3) is 0.704. The van der Waals surface area contributed by atoms with Gasteiger partial charge in [0.1, 0.15) is 17.1 Å². The maximum atomic E-state index is 13.5. The highest BCUT2D eigenvalue weighted by Crippen LogP contribution is 2.57. The average molecular weight is 530 g/mol. The summed E-state index contributed by atoms with van der Waals surface area (Å²) in [5.41, 5.74) is 1.21. The number of benzene rings is 1. The molecule has 0 unspecified atom stereocenters. The number of halogens is 3. The van der Waals surface area contributed by atoms with Crippen LogP contribution >= 0.6 is 15.9 Å². The van der Waals surface area contributed by atoms with Crippen molar-refractivity contribution < 1.29 is 23.7 Å². The molecule has 0 amide bonds. The molecule has 33 heavy (non-hydrogen) atoms. The van der Waals surface area contributed by atoms with Crippen molar-refractivity contribution in [2.45, 2.75) is 102 Å². The summed E-state index contributed by atoms with van der Waals surface area (Å²) in [6, 6.07) is 3.86. The molecule has 3 rings (SSSR count). The summed E-state index contributed by atoms with van der Waals surface area (Å²) < 4.78 is 33.6. The number of allylic oxidation sites excluding steroid dienone is 1. The lowest BCUT2D eigenvalue weighted by Crippen LogP contribution is -2.48. The van der Waals surface area contributed by atoms with Gasteiger partial charge in [0.2, 0.25) is 0 Å². The van der Waals surface area contributed by atoms with Gasteiger partial charge < -0.3 is 14.9 Å². The lowest BCUT2D eigenvalue weighted by Gasteiger charge is -2.50. The number of ether oxygens (including phenoxy) is 1. The number of aliphatic hydroxyl groups is 1. The van der Waals surface area contributed by atoms with Crippen molar-refractivity contribution in [3.8, 4) is 11.5 Å². The lowest BCUT2D eigenvalue weighted by atomic mass is 9.63. The Morgan fingerprint density at radius 3 is 2.58 bits per heavy atom. The Kier molecular flexibility index (Phi) is 8.88. The van der Waals surface area contributed by atoms with Gasteiger partial charge in [0.05, 0.1) is 0 Å². The van der Waals surface area contributed by atoms with E-state index in [1.54, 1.807) is 0 Å². The third kappa shape index (κ3) is 5.93. The lowest BCUT2D eigenvalue weighted by molar-refractivity contribution is -0.0280. The minimum atomic E-state index is -1.59. The Morgan fingerprint density at radius 2 is 1.91 bits per heavy atom. The van der Waals surface area contributed by atoms with Crippen LogP contribution in [0.1, 0.15) is 102 Å². The van der Waals surface area contributed by atoms with Gasteiger partial charge in [0, 0.05) is 29.3 Å². The Bertz CT molecular complexity index is 850. The smallest absolute Gasteiger partial charge is 0.269 e. The molecule has 186 valence electrons. The second kappa shape index (κ2) is 11.1. The minimum absolute atomic E-state index is 0.0267. The molecule has 1 aromatic carbocycles. The number of alkyl halides is 1. The van der Waals surface area contributed by atoms with Gasteiger partial charge in [-0.1, -0.05) is 49.0 Å². The van der Waals surface area contributed by atoms with Gasteiger partial charge in [0.15, 0.2) is 0 Å². The van der Waals surface area contributed by atoms with Crippen LogP contribution in [-0.2, 0) is 5.41 Å². The number of phenols is 1. The van der Waals surface area contributed by atoms with Gasteiger partial charge in [-0.15, -0.1) is 0 Å². The van der Waals surface area contributed by atoms with Crippen molar-refractivity contribution in [2.24, 2.45) is 5.92 Å². The monoisotopic (exact) mass is 528 g/mol. The molecule has 1 saturated carbocycles. The van der Waals surface area contributed by atoms with Crippen molar-refractivity contribution >= 4 is 15.9 Å². The summed E-state index contributed by atoms with van der Waals surface area (Å²) in [4.78, 5) is 0. The van der Waals surface area contributed by atoms with Crippen molar-refractivity contribution in [1.82, 2.24) is 0 Å². The van der Waals surface area contributed by atoms with E-state index in [4.69, 9.17) is 4.74 Å². The second-order valence-corrected chi connectivity index (χ2v) is 11.5. The van der Waals surface area contributed by atoms with Crippen LogP contribution in [0.2, 0.25) is 0 Å². The van der Waals surface area contributed by atoms with Crippen molar-refractivity contribution in [3.63, 3.8) is 0 Å². The topological polar surface area (TPSA) is 49.7 Å². The van der Waals surface area contributed by atoms with Crippen LogP contribution in [0, 0.1) is 5.92 Å². The number of rotatable bonds is 10. The summed E-state index contributed by atoms with van der Waals surface area (Å²) in [5, 5.41) is 21.6. The number of hydrogen-bond acceptors (Lipinski definition) is 3. The zero-order valence-corrected chi connectivity index (χ0v) is 21.8. The molecule has 1 aliphatic carbocycles. The van der Waals surface area contributed by atoms with E-state index in [0.717, 1.165) is 23.7 Å². The fourth-order valence-corrected chi connectivity index (χ4v) is 6.26. The molecular weight excluding hydrogens is 490 g/mol.